The van der Waals surface area contributed by atoms with Gasteiger partial charge in [-0.2, -0.15) is 0 Å². The Kier molecular flexibility index (Phi) is 4.55. The number of amides is 1. The molecule has 1 unspecified atom stereocenters. The smallest absolute Gasteiger partial charge is 0.273 e. The number of halogens is 1. The van der Waals surface area contributed by atoms with E-state index in [1.54, 1.807) is 18.2 Å². The van der Waals surface area contributed by atoms with Crippen molar-refractivity contribution in [3.63, 3.8) is 0 Å². The SMILES string of the molecule is CC(C)c1nc2ccccc2c(=O)n1NC(=O)C[C@H]1C[C@H]2C[C@@H](C1F)C2(C)C. The lowest BCUT2D eigenvalue weighted by Crippen LogP contribution is -2.57. The first-order chi connectivity index (χ1) is 13.2. The standard InChI is InChI=1S/C22H28FN3O2/c1-12(2)20-24-17-8-6-5-7-15(17)21(28)26(20)25-18(27)10-13-9-14-11-16(19(13)23)22(14,3)4/h5-8,12-14,16,19H,9-11H2,1-4H3,(H,25,27)/t13-,14+,16+,19?/m1/s1. The summed E-state index contributed by atoms with van der Waals surface area (Å²) in [5.74, 6) is 0.381. The molecule has 2 bridgehead atoms. The molecule has 1 amide bonds. The number of nitrogens with one attached hydrogen (secondary N) is 1. The Labute approximate surface area is 164 Å². The summed E-state index contributed by atoms with van der Waals surface area (Å²) in [5.41, 5.74) is 3.06. The maximum Gasteiger partial charge on any atom is 0.280 e. The third-order valence-corrected chi connectivity index (χ3v) is 6.97. The van der Waals surface area contributed by atoms with Gasteiger partial charge in [-0.15, -0.1) is 0 Å². The molecule has 0 radical (unpaired) electrons. The summed E-state index contributed by atoms with van der Waals surface area (Å²) >= 11 is 0. The van der Waals surface area contributed by atoms with Crippen molar-refractivity contribution < 1.29 is 9.18 Å². The highest BCUT2D eigenvalue weighted by Crippen LogP contribution is 2.62. The van der Waals surface area contributed by atoms with Crippen LogP contribution >= 0.6 is 0 Å². The molecule has 3 aliphatic rings. The summed E-state index contributed by atoms with van der Waals surface area (Å²) in [6, 6.07) is 7.10. The zero-order valence-corrected chi connectivity index (χ0v) is 16.9. The van der Waals surface area contributed by atoms with Crippen molar-refractivity contribution in [3.8, 4) is 0 Å². The number of benzene rings is 1. The van der Waals surface area contributed by atoms with E-state index in [0.717, 1.165) is 12.8 Å². The molecule has 1 heterocycles. The van der Waals surface area contributed by atoms with Crippen molar-refractivity contribution in [2.24, 2.45) is 23.2 Å². The third kappa shape index (κ3) is 2.93. The number of nitrogens with zero attached hydrogens (tertiary/aromatic N) is 2. The number of aromatic nitrogens is 2. The number of para-hydroxylation sites is 1. The van der Waals surface area contributed by atoms with Crippen LogP contribution in [0, 0.1) is 23.2 Å². The van der Waals surface area contributed by atoms with Gasteiger partial charge < -0.3 is 0 Å². The highest BCUT2D eigenvalue weighted by atomic mass is 19.1. The number of carbonyl (C=O) groups excluding carboxylic acids is 1. The van der Waals surface area contributed by atoms with E-state index in [0.29, 0.717) is 22.6 Å². The largest absolute Gasteiger partial charge is 0.280 e. The molecule has 2 aromatic rings. The molecule has 1 aromatic heterocycles. The summed E-state index contributed by atoms with van der Waals surface area (Å²) in [7, 11) is 0. The fourth-order valence-electron chi connectivity index (χ4n) is 5.07. The Morgan fingerprint density at radius 2 is 2.04 bits per heavy atom. The van der Waals surface area contributed by atoms with Gasteiger partial charge in [-0.3, -0.25) is 15.0 Å². The Bertz CT molecular complexity index is 981. The minimum atomic E-state index is -0.957. The predicted molar refractivity (Wildman–Crippen MR) is 107 cm³/mol. The Balaban J connectivity index is 1.57. The van der Waals surface area contributed by atoms with Gasteiger partial charge in [0.25, 0.3) is 5.56 Å². The summed E-state index contributed by atoms with van der Waals surface area (Å²) in [4.78, 5) is 30.2. The number of alkyl halides is 1. The fourth-order valence-corrected chi connectivity index (χ4v) is 5.07. The van der Waals surface area contributed by atoms with Gasteiger partial charge in [0.2, 0.25) is 5.91 Å². The van der Waals surface area contributed by atoms with Crippen LogP contribution in [-0.4, -0.2) is 21.7 Å². The maximum absolute atomic E-state index is 14.9. The molecule has 1 aromatic carbocycles. The molecular weight excluding hydrogens is 357 g/mol. The van der Waals surface area contributed by atoms with Gasteiger partial charge in [0.05, 0.1) is 10.9 Å². The molecule has 4 atom stereocenters. The minimum absolute atomic E-state index is 0.0381. The lowest BCUT2D eigenvalue weighted by Gasteiger charge is -2.60. The molecule has 0 spiro atoms. The summed E-state index contributed by atoms with van der Waals surface area (Å²) in [5, 5.41) is 0.455. The zero-order chi connectivity index (χ0) is 20.2. The lowest BCUT2D eigenvalue weighted by molar-refractivity contribution is -0.148. The molecule has 0 aliphatic heterocycles. The molecule has 28 heavy (non-hydrogen) atoms. The Hall–Kier alpha value is -2.24. The van der Waals surface area contributed by atoms with Crippen LogP contribution < -0.4 is 11.0 Å². The average molecular weight is 385 g/mol. The van der Waals surface area contributed by atoms with E-state index in [4.69, 9.17) is 0 Å². The summed E-state index contributed by atoms with van der Waals surface area (Å²) in [6.45, 7) is 8.11. The first-order valence-corrected chi connectivity index (χ1v) is 10.2. The van der Waals surface area contributed by atoms with E-state index in [9.17, 15) is 14.0 Å². The summed E-state index contributed by atoms with van der Waals surface area (Å²) < 4.78 is 16.2. The Morgan fingerprint density at radius 1 is 1.32 bits per heavy atom. The van der Waals surface area contributed by atoms with Gasteiger partial charge in [-0.1, -0.05) is 39.8 Å². The van der Waals surface area contributed by atoms with E-state index < -0.39 is 6.17 Å². The monoisotopic (exact) mass is 385 g/mol. The van der Waals surface area contributed by atoms with E-state index in [-0.39, 0.29) is 41.1 Å². The van der Waals surface area contributed by atoms with E-state index in [1.807, 2.05) is 19.9 Å². The summed E-state index contributed by atoms with van der Waals surface area (Å²) in [6.07, 6.45) is 0.806. The number of carbonyl (C=O) groups is 1. The van der Waals surface area contributed by atoms with Crippen molar-refractivity contribution in [1.82, 2.24) is 9.66 Å². The van der Waals surface area contributed by atoms with Gasteiger partial charge in [-0.05, 0) is 48.1 Å². The average Bonchev–Trinajstić information content (AvgIpc) is 2.64. The van der Waals surface area contributed by atoms with Crippen LogP contribution in [0.2, 0.25) is 0 Å². The molecular formula is C22H28FN3O2. The zero-order valence-electron chi connectivity index (χ0n) is 16.9. The van der Waals surface area contributed by atoms with Crippen molar-refractivity contribution in [1.29, 1.82) is 0 Å². The van der Waals surface area contributed by atoms with Gasteiger partial charge in [0, 0.05) is 12.3 Å². The molecule has 0 saturated heterocycles. The predicted octanol–water partition coefficient (Wildman–Crippen LogP) is 4.00. The van der Waals surface area contributed by atoms with Crippen LogP contribution in [0.15, 0.2) is 29.1 Å². The lowest BCUT2D eigenvalue weighted by atomic mass is 9.46. The molecule has 150 valence electrons. The van der Waals surface area contributed by atoms with Crippen LogP contribution in [0.4, 0.5) is 4.39 Å². The van der Waals surface area contributed by atoms with E-state index in [1.165, 1.54) is 4.68 Å². The topological polar surface area (TPSA) is 64.0 Å². The van der Waals surface area contributed by atoms with E-state index >= 15 is 0 Å². The second-order valence-corrected chi connectivity index (χ2v) is 9.32. The molecule has 5 nitrogen and oxygen atoms in total. The van der Waals surface area contributed by atoms with Gasteiger partial charge in [0.1, 0.15) is 12.0 Å². The van der Waals surface area contributed by atoms with Crippen LogP contribution in [0.5, 0.6) is 0 Å². The first-order valence-electron chi connectivity index (χ1n) is 10.2. The molecule has 1 N–H and O–H groups in total. The van der Waals surface area contributed by atoms with Crippen LogP contribution in [0.3, 0.4) is 0 Å². The fraction of sp³-hybridized carbons (Fsp3) is 0.591. The van der Waals surface area contributed by atoms with Crippen LogP contribution in [0.1, 0.15) is 58.7 Å². The van der Waals surface area contributed by atoms with Crippen LogP contribution in [-0.2, 0) is 4.79 Å². The van der Waals surface area contributed by atoms with Gasteiger partial charge in [-0.25, -0.2) is 14.1 Å². The Morgan fingerprint density at radius 3 is 2.68 bits per heavy atom. The van der Waals surface area contributed by atoms with Crippen molar-refractivity contribution in [2.45, 2.75) is 59.0 Å². The molecule has 6 heteroatoms. The third-order valence-electron chi connectivity index (χ3n) is 6.97. The second-order valence-electron chi connectivity index (χ2n) is 9.32. The number of hydrogen-bond donors (Lipinski definition) is 1. The van der Waals surface area contributed by atoms with Crippen molar-refractivity contribution in [2.75, 3.05) is 5.43 Å². The highest BCUT2D eigenvalue weighted by Gasteiger charge is 2.58. The van der Waals surface area contributed by atoms with Crippen LogP contribution in [0.25, 0.3) is 10.9 Å². The first kappa shape index (κ1) is 19.1. The van der Waals surface area contributed by atoms with Gasteiger partial charge in [0.15, 0.2) is 0 Å². The van der Waals surface area contributed by atoms with Crippen molar-refractivity contribution in [3.05, 3.63) is 40.4 Å². The minimum Gasteiger partial charge on any atom is -0.273 e. The molecule has 3 saturated carbocycles. The quantitative estimate of drug-likeness (QED) is 0.865. The highest BCUT2D eigenvalue weighted by molar-refractivity contribution is 5.85. The van der Waals surface area contributed by atoms with E-state index in [2.05, 4.69) is 24.3 Å². The maximum atomic E-state index is 14.9. The molecule has 5 rings (SSSR count). The van der Waals surface area contributed by atoms with Crippen molar-refractivity contribution >= 4 is 16.8 Å². The number of hydrogen-bond acceptors (Lipinski definition) is 3. The number of rotatable bonds is 4. The molecule has 3 fully saturated rings. The normalized spacial score (nSPS) is 28.2. The second kappa shape index (κ2) is 6.68. The number of fused-ring (bicyclic) bond motifs is 3. The van der Waals surface area contributed by atoms with Gasteiger partial charge >= 0.3 is 0 Å². The molecule has 3 aliphatic carbocycles.